The molecule has 0 saturated heterocycles. The summed E-state index contributed by atoms with van der Waals surface area (Å²) < 4.78 is 1.70. The molecular weight excluding hydrogens is 152 g/mol. The second-order valence-corrected chi connectivity index (χ2v) is 2.45. The van der Waals surface area contributed by atoms with Gasteiger partial charge < -0.3 is 0 Å². The molecule has 2 heterocycles. The molecule has 0 N–H and O–H groups in total. The molecule has 0 saturated carbocycles. The molecule has 4 nitrogen and oxygen atoms in total. The number of pyridine rings is 1. The predicted octanol–water partition coefficient (Wildman–Crippen LogP) is 0.971. The second-order valence-electron chi connectivity index (χ2n) is 2.45. The first-order chi connectivity index (χ1) is 5.88. The van der Waals surface area contributed by atoms with Gasteiger partial charge in [0.2, 0.25) is 0 Å². The van der Waals surface area contributed by atoms with E-state index in [4.69, 9.17) is 0 Å². The van der Waals surface area contributed by atoms with Crippen LogP contribution in [0.25, 0.3) is 5.69 Å². The van der Waals surface area contributed by atoms with E-state index in [1.165, 1.54) is 6.33 Å². The van der Waals surface area contributed by atoms with Crippen LogP contribution in [-0.2, 0) is 0 Å². The first-order valence-electron chi connectivity index (χ1n) is 3.64. The van der Waals surface area contributed by atoms with Crippen molar-refractivity contribution in [3.8, 4) is 5.69 Å². The van der Waals surface area contributed by atoms with Crippen LogP contribution in [0.5, 0.6) is 0 Å². The van der Waals surface area contributed by atoms with E-state index in [0.717, 1.165) is 11.4 Å². The van der Waals surface area contributed by atoms with E-state index in [1.54, 1.807) is 17.2 Å². The lowest BCUT2D eigenvalue weighted by Gasteiger charge is -2.01. The number of hydrogen-bond acceptors (Lipinski definition) is 3. The molecule has 12 heavy (non-hydrogen) atoms. The highest BCUT2D eigenvalue weighted by Gasteiger charge is 1.99. The van der Waals surface area contributed by atoms with Crippen molar-refractivity contribution in [1.29, 1.82) is 0 Å². The monoisotopic (exact) mass is 160 g/mol. The zero-order chi connectivity index (χ0) is 8.39. The summed E-state index contributed by atoms with van der Waals surface area (Å²) in [5, 5.41) is 4.01. The van der Waals surface area contributed by atoms with Gasteiger partial charge in [0.15, 0.2) is 0 Å². The van der Waals surface area contributed by atoms with E-state index < -0.39 is 0 Å². The highest BCUT2D eigenvalue weighted by molar-refractivity contribution is 5.33. The van der Waals surface area contributed by atoms with Crippen LogP contribution < -0.4 is 0 Å². The van der Waals surface area contributed by atoms with Crippen LogP contribution in [0.3, 0.4) is 0 Å². The van der Waals surface area contributed by atoms with Crippen LogP contribution in [0, 0.1) is 6.92 Å². The zero-order valence-corrected chi connectivity index (χ0v) is 6.68. The van der Waals surface area contributed by atoms with Crippen LogP contribution in [-0.4, -0.2) is 19.7 Å². The van der Waals surface area contributed by atoms with Gasteiger partial charge in [-0.3, -0.25) is 4.98 Å². The number of nitrogens with zero attached hydrogens (tertiary/aromatic N) is 4. The summed E-state index contributed by atoms with van der Waals surface area (Å²) in [6, 6.07) is 3.83. The third-order valence-electron chi connectivity index (χ3n) is 1.64. The molecule has 0 unspecified atom stereocenters. The molecule has 0 spiro atoms. The normalized spacial score (nSPS) is 10.1. The maximum absolute atomic E-state index is 4.15. The fourth-order valence-electron chi connectivity index (χ4n) is 1.05. The molecule has 0 amide bonds. The summed E-state index contributed by atoms with van der Waals surface area (Å²) in [5.41, 5.74) is 1.91. The minimum atomic E-state index is 0.947. The minimum absolute atomic E-state index is 0.947. The van der Waals surface area contributed by atoms with E-state index in [2.05, 4.69) is 15.1 Å². The average molecular weight is 160 g/mol. The molecule has 0 aliphatic rings. The third kappa shape index (κ3) is 1.07. The number of hydrogen-bond donors (Lipinski definition) is 0. The van der Waals surface area contributed by atoms with E-state index in [1.807, 2.05) is 19.1 Å². The predicted molar refractivity (Wildman–Crippen MR) is 43.9 cm³/mol. The standard InChI is InChI=1S/C8H8N4/c1-7-8(3-2-4-10-7)12-6-9-5-11-12/h2-6H,1H3. The molecule has 60 valence electrons. The van der Waals surface area contributed by atoms with Crippen molar-refractivity contribution in [2.24, 2.45) is 0 Å². The maximum Gasteiger partial charge on any atom is 0.138 e. The van der Waals surface area contributed by atoms with Crippen molar-refractivity contribution in [2.45, 2.75) is 6.92 Å². The largest absolute Gasteiger partial charge is 0.259 e. The molecule has 0 aromatic carbocycles. The van der Waals surface area contributed by atoms with Crippen LogP contribution in [0.2, 0.25) is 0 Å². The Morgan fingerprint density at radius 1 is 1.42 bits per heavy atom. The topological polar surface area (TPSA) is 43.6 Å². The van der Waals surface area contributed by atoms with Crippen LogP contribution in [0.15, 0.2) is 31.0 Å². The van der Waals surface area contributed by atoms with E-state index in [9.17, 15) is 0 Å². The van der Waals surface area contributed by atoms with Gasteiger partial charge in [-0.2, -0.15) is 5.10 Å². The summed E-state index contributed by atoms with van der Waals surface area (Å²) in [5.74, 6) is 0. The van der Waals surface area contributed by atoms with Crippen LogP contribution >= 0.6 is 0 Å². The fraction of sp³-hybridized carbons (Fsp3) is 0.125. The fourth-order valence-corrected chi connectivity index (χ4v) is 1.05. The molecule has 0 aliphatic carbocycles. The SMILES string of the molecule is Cc1ncccc1-n1cncn1. The van der Waals surface area contributed by atoms with Crippen molar-refractivity contribution in [3.63, 3.8) is 0 Å². The molecule has 0 atom stereocenters. The highest BCUT2D eigenvalue weighted by Crippen LogP contribution is 2.07. The molecule has 4 heteroatoms. The first kappa shape index (κ1) is 6.97. The van der Waals surface area contributed by atoms with E-state index in [0.29, 0.717) is 0 Å². The number of aryl methyl sites for hydroxylation is 1. The molecule has 2 aromatic rings. The Bertz CT molecular complexity index is 366. The lowest BCUT2D eigenvalue weighted by Crippen LogP contribution is -1.98. The molecule has 2 rings (SSSR count). The smallest absolute Gasteiger partial charge is 0.138 e. The van der Waals surface area contributed by atoms with Crippen LogP contribution in [0.4, 0.5) is 0 Å². The van der Waals surface area contributed by atoms with E-state index >= 15 is 0 Å². The van der Waals surface area contributed by atoms with Gasteiger partial charge in [-0.15, -0.1) is 0 Å². The van der Waals surface area contributed by atoms with Gasteiger partial charge in [-0.05, 0) is 19.1 Å². The summed E-state index contributed by atoms with van der Waals surface area (Å²) in [7, 11) is 0. The molecular formula is C8H8N4. The Kier molecular flexibility index (Phi) is 1.59. The first-order valence-corrected chi connectivity index (χ1v) is 3.64. The maximum atomic E-state index is 4.15. The van der Waals surface area contributed by atoms with Gasteiger partial charge >= 0.3 is 0 Å². The quantitative estimate of drug-likeness (QED) is 0.624. The summed E-state index contributed by atoms with van der Waals surface area (Å²) in [6.07, 6.45) is 4.92. The molecule has 0 aliphatic heterocycles. The van der Waals surface area contributed by atoms with E-state index in [-0.39, 0.29) is 0 Å². The van der Waals surface area contributed by atoms with Gasteiger partial charge in [-0.25, -0.2) is 9.67 Å². The summed E-state index contributed by atoms with van der Waals surface area (Å²) in [6.45, 7) is 1.94. The Morgan fingerprint density at radius 2 is 2.33 bits per heavy atom. The lowest BCUT2D eigenvalue weighted by atomic mass is 10.3. The number of rotatable bonds is 1. The van der Waals surface area contributed by atoms with Crippen molar-refractivity contribution in [2.75, 3.05) is 0 Å². The Hall–Kier alpha value is -1.71. The summed E-state index contributed by atoms with van der Waals surface area (Å²) >= 11 is 0. The van der Waals surface area contributed by atoms with Gasteiger partial charge in [0.1, 0.15) is 12.7 Å². The van der Waals surface area contributed by atoms with Crippen LogP contribution in [0.1, 0.15) is 5.69 Å². The Morgan fingerprint density at radius 3 is 3.00 bits per heavy atom. The van der Waals surface area contributed by atoms with Gasteiger partial charge in [0.25, 0.3) is 0 Å². The Balaban J connectivity index is 2.55. The Labute approximate surface area is 69.9 Å². The molecule has 0 radical (unpaired) electrons. The van der Waals surface area contributed by atoms with Crippen molar-refractivity contribution in [3.05, 3.63) is 36.7 Å². The van der Waals surface area contributed by atoms with Gasteiger partial charge in [-0.1, -0.05) is 0 Å². The van der Waals surface area contributed by atoms with Crippen molar-refractivity contribution < 1.29 is 0 Å². The zero-order valence-electron chi connectivity index (χ0n) is 6.68. The minimum Gasteiger partial charge on any atom is -0.259 e. The number of aromatic nitrogens is 4. The van der Waals surface area contributed by atoms with Gasteiger partial charge in [0, 0.05) is 6.20 Å². The van der Waals surface area contributed by atoms with Crippen molar-refractivity contribution >= 4 is 0 Å². The molecule has 2 aromatic heterocycles. The third-order valence-corrected chi connectivity index (χ3v) is 1.64. The highest BCUT2D eigenvalue weighted by atomic mass is 15.3. The molecule has 0 fully saturated rings. The molecule has 0 bridgehead atoms. The average Bonchev–Trinajstić information content (AvgIpc) is 2.57. The summed E-state index contributed by atoms with van der Waals surface area (Å²) in [4.78, 5) is 8.01. The lowest BCUT2D eigenvalue weighted by molar-refractivity contribution is 0.860. The van der Waals surface area contributed by atoms with Gasteiger partial charge in [0.05, 0.1) is 11.4 Å². The second kappa shape index (κ2) is 2.73. The van der Waals surface area contributed by atoms with Crippen molar-refractivity contribution in [1.82, 2.24) is 19.7 Å².